The van der Waals surface area contributed by atoms with Gasteiger partial charge in [0, 0.05) is 17.1 Å². The van der Waals surface area contributed by atoms with Gasteiger partial charge in [0.2, 0.25) is 0 Å². The van der Waals surface area contributed by atoms with Crippen molar-refractivity contribution in [1.82, 2.24) is 4.90 Å². The van der Waals surface area contributed by atoms with Gasteiger partial charge in [-0.05, 0) is 49.4 Å². The van der Waals surface area contributed by atoms with Crippen LogP contribution in [-0.4, -0.2) is 17.5 Å². The number of benzene rings is 1. The molecular weight excluding hydrogens is 268 g/mol. The van der Waals surface area contributed by atoms with Crippen LogP contribution in [0.1, 0.15) is 29.0 Å². The molecule has 0 radical (unpaired) electrons. The fraction of sp³-hybridized carbons (Fsp3) is 0.312. The number of carbonyl (C=O) groups excluding carboxylic acids is 1. The van der Waals surface area contributed by atoms with Crippen LogP contribution in [0.2, 0.25) is 0 Å². The molecule has 1 N–H and O–H groups in total. The lowest BCUT2D eigenvalue weighted by Crippen LogP contribution is -2.40. The maximum Gasteiger partial charge on any atom is 0.322 e. The number of rotatable bonds is 1. The fourth-order valence-electron chi connectivity index (χ4n) is 2.62. The molecule has 1 atom stereocenters. The highest BCUT2D eigenvalue weighted by Gasteiger charge is 2.28. The number of nitrogens with zero attached hydrogens (tertiary/aromatic N) is 1. The number of thiophene rings is 1. The zero-order chi connectivity index (χ0) is 14.1. The number of nitrogens with one attached hydrogen (secondary N) is 1. The highest BCUT2D eigenvalue weighted by Crippen LogP contribution is 2.33. The zero-order valence-corrected chi connectivity index (χ0v) is 12.5. The number of hydrogen-bond acceptors (Lipinski definition) is 2. The molecule has 0 fully saturated rings. The van der Waals surface area contributed by atoms with E-state index in [2.05, 4.69) is 23.7 Å². The summed E-state index contributed by atoms with van der Waals surface area (Å²) in [6.07, 6.45) is 0.957. The first-order valence-corrected chi connectivity index (χ1v) is 7.73. The van der Waals surface area contributed by atoms with Crippen molar-refractivity contribution in [2.75, 3.05) is 11.9 Å². The maximum absolute atomic E-state index is 12.4. The minimum Gasteiger partial charge on any atom is -0.317 e. The highest BCUT2D eigenvalue weighted by atomic mass is 32.1. The lowest BCUT2D eigenvalue weighted by Gasteiger charge is -2.33. The first-order valence-electron chi connectivity index (χ1n) is 6.85. The Balaban J connectivity index is 1.73. The van der Waals surface area contributed by atoms with Gasteiger partial charge < -0.3 is 10.2 Å². The zero-order valence-electron chi connectivity index (χ0n) is 11.7. The molecule has 0 saturated heterocycles. The summed E-state index contributed by atoms with van der Waals surface area (Å²) in [6, 6.07) is 10.2. The van der Waals surface area contributed by atoms with E-state index in [0.717, 1.165) is 18.7 Å². The van der Waals surface area contributed by atoms with Gasteiger partial charge in [0.15, 0.2) is 0 Å². The van der Waals surface area contributed by atoms with Crippen LogP contribution >= 0.6 is 11.3 Å². The molecule has 104 valence electrons. The number of anilines is 1. The Morgan fingerprint density at radius 1 is 1.30 bits per heavy atom. The van der Waals surface area contributed by atoms with Crippen molar-refractivity contribution in [3.63, 3.8) is 0 Å². The third kappa shape index (κ3) is 2.43. The van der Waals surface area contributed by atoms with Crippen LogP contribution in [0, 0.1) is 6.92 Å². The number of aryl methyl sites for hydroxylation is 1. The van der Waals surface area contributed by atoms with E-state index in [1.165, 1.54) is 16.0 Å². The van der Waals surface area contributed by atoms with E-state index in [-0.39, 0.29) is 12.1 Å². The Morgan fingerprint density at radius 2 is 2.05 bits per heavy atom. The summed E-state index contributed by atoms with van der Waals surface area (Å²) in [6.45, 7) is 4.92. The van der Waals surface area contributed by atoms with Gasteiger partial charge in [-0.25, -0.2) is 4.79 Å². The van der Waals surface area contributed by atoms with Crippen molar-refractivity contribution in [2.45, 2.75) is 26.3 Å². The molecule has 3 nitrogen and oxygen atoms in total. The average molecular weight is 286 g/mol. The summed E-state index contributed by atoms with van der Waals surface area (Å²) >= 11 is 1.79. The quantitative estimate of drug-likeness (QED) is 0.837. The summed E-state index contributed by atoms with van der Waals surface area (Å²) in [7, 11) is 0. The van der Waals surface area contributed by atoms with Crippen LogP contribution in [0.3, 0.4) is 0 Å². The van der Waals surface area contributed by atoms with Crippen molar-refractivity contribution in [3.05, 3.63) is 51.7 Å². The SMILES string of the molecule is Cc1ccc(NC(=O)N2CCc3sccc3[C@H]2C)cc1. The molecule has 0 saturated carbocycles. The largest absolute Gasteiger partial charge is 0.322 e. The van der Waals surface area contributed by atoms with E-state index in [4.69, 9.17) is 0 Å². The molecule has 0 bridgehead atoms. The van der Waals surface area contributed by atoms with Gasteiger partial charge >= 0.3 is 6.03 Å². The third-order valence-electron chi connectivity index (χ3n) is 3.84. The van der Waals surface area contributed by atoms with Crippen LogP contribution < -0.4 is 5.32 Å². The Labute approximate surface area is 123 Å². The molecule has 0 aliphatic carbocycles. The second-order valence-corrected chi connectivity index (χ2v) is 6.22. The molecule has 0 unspecified atom stereocenters. The molecule has 1 aromatic carbocycles. The van der Waals surface area contributed by atoms with Crippen LogP contribution in [0.5, 0.6) is 0 Å². The molecule has 0 spiro atoms. The Bertz CT molecular complexity index is 618. The summed E-state index contributed by atoms with van der Waals surface area (Å²) in [5.74, 6) is 0. The number of amides is 2. The minimum atomic E-state index is -0.0156. The average Bonchev–Trinajstić information content (AvgIpc) is 2.91. The van der Waals surface area contributed by atoms with E-state index in [1.807, 2.05) is 36.1 Å². The van der Waals surface area contributed by atoms with Gasteiger partial charge in [0.25, 0.3) is 0 Å². The number of hydrogen-bond donors (Lipinski definition) is 1. The first-order chi connectivity index (χ1) is 9.65. The van der Waals surface area contributed by atoms with Crippen molar-refractivity contribution in [3.8, 4) is 0 Å². The molecular formula is C16H18N2OS. The molecule has 2 heterocycles. The van der Waals surface area contributed by atoms with Gasteiger partial charge in [-0.15, -0.1) is 11.3 Å². The molecule has 3 rings (SSSR count). The molecule has 2 aromatic rings. The minimum absolute atomic E-state index is 0.0156. The smallest absolute Gasteiger partial charge is 0.317 e. The van der Waals surface area contributed by atoms with Gasteiger partial charge in [0.05, 0.1) is 6.04 Å². The Hall–Kier alpha value is -1.81. The predicted octanol–water partition coefficient (Wildman–Crippen LogP) is 4.21. The molecule has 4 heteroatoms. The highest BCUT2D eigenvalue weighted by molar-refractivity contribution is 7.10. The summed E-state index contributed by atoms with van der Waals surface area (Å²) in [4.78, 5) is 15.7. The third-order valence-corrected chi connectivity index (χ3v) is 4.84. The fourth-order valence-corrected chi connectivity index (χ4v) is 3.58. The first kappa shape index (κ1) is 13.2. The van der Waals surface area contributed by atoms with Crippen LogP contribution in [0.25, 0.3) is 0 Å². The topological polar surface area (TPSA) is 32.3 Å². The van der Waals surface area contributed by atoms with Gasteiger partial charge in [-0.1, -0.05) is 17.7 Å². The maximum atomic E-state index is 12.4. The lowest BCUT2D eigenvalue weighted by atomic mass is 10.0. The number of carbonyl (C=O) groups is 1. The number of fused-ring (bicyclic) bond motifs is 1. The normalized spacial score (nSPS) is 17.7. The predicted molar refractivity (Wildman–Crippen MR) is 83.3 cm³/mol. The molecule has 1 aliphatic heterocycles. The summed E-state index contributed by atoms with van der Waals surface area (Å²) in [5.41, 5.74) is 3.33. The van der Waals surface area contributed by atoms with E-state index in [1.54, 1.807) is 11.3 Å². The van der Waals surface area contributed by atoms with Gasteiger partial charge in [-0.3, -0.25) is 0 Å². The molecule has 1 aromatic heterocycles. The van der Waals surface area contributed by atoms with Crippen LogP contribution in [-0.2, 0) is 6.42 Å². The lowest BCUT2D eigenvalue weighted by molar-refractivity contribution is 0.189. The Morgan fingerprint density at radius 3 is 2.80 bits per heavy atom. The van der Waals surface area contributed by atoms with Crippen LogP contribution in [0.4, 0.5) is 10.5 Å². The van der Waals surface area contributed by atoms with E-state index in [9.17, 15) is 4.79 Å². The molecule has 2 amide bonds. The van der Waals surface area contributed by atoms with E-state index >= 15 is 0 Å². The summed E-state index contributed by atoms with van der Waals surface area (Å²) < 4.78 is 0. The van der Waals surface area contributed by atoms with Gasteiger partial charge in [0.1, 0.15) is 0 Å². The Kier molecular flexibility index (Phi) is 3.49. The monoisotopic (exact) mass is 286 g/mol. The standard InChI is InChI=1S/C16H18N2OS/c1-11-3-5-13(6-4-11)17-16(19)18-9-7-15-14(12(18)2)8-10-20-15/h3-6,8,10,12H,7,9H2,1-2H3,(H,17,19)/t12-/m1/s1. The number of urea groups is 1. The van der Waals surface area contributed by atoms with E-state index in [0.29, 0.717) is 0 Å². The van der Waals surface area contributed by atoms with Gasteiger partial charge in [-0.2, -0.15) is 0 Å². The van der Waals surface area contributed by atoms with Crippen molar-refractivity contribution in [2.24, 2.45) is 0 Å². The van der Waals surface area contributed by atoms with Crippen molar-refractivity contribution < 1.29 is 4.79 Å². The molecule has 20 heavy (non-hydrogen) atoms. The van der Waals surface area contributed by atoms with Crippen molar-refractivity contribution in [1.29, 1.82) is 0 Å². The van der Waals surface area contributed by atoms with E-state index < -0.39 is 0 Å². The van der Waals surface area contributed by atoms with Crippen LogP contribution in [0.15, 0.2) is 35.7 Å². The second-order valence-electron chi connectivity index (χ2n) is 5.21. The van der Waals surface area contributed by atoms with Crippen molar-refractivity contribution >= 4 is 23.1 Å². The summed E-state index contributed by atoms with van der Waals surface area (Å²) in [5, 5.41) is 5.10. The second kappa shape index (κ2) is 5.29. The molecule has 1 aliphatic rings.